The highest BCUT2D eigenvalue weighted by Crippen LogP contribution is 2.14. The van der Waals surface area contributed by atoms with Crippen LogP contribution in [-0.2, 0) is 4.79 Å². The van der Waals surface area contributed by atoms with E-state index < -0.39 is 5.92 Å². The number of hydrogen-bond acceptors (Lipinski definition) is 4. The van der Waals surface area contributed by atoms with Gasteiger partial charge in [0.05, 0.1) is 5.92 Å². The topological polar surface area (TPSA) is 82.2 Å². The summed E-state index contributed by atoms with van der Waals surface area (Å²) in [6.45, 7) is 9.52. The van der Waals surface area contributed by atoms with Crippen molar-refractivity contribution in [3.05, 3.63) is 0 Å². The van der Waals surface area contributed by atoms with Crippen LogP contribution in [0.15, 0.2) is 5.16 Å². The van der Waals surface area contributed by atoms with Crippen molar-refractivity contribution in [2.24, 2.45) is 16.8 Å². The standard InChI is InChI=1S/C13H26N4O2/c1-4-5-11(12(14)15-19)13(18)17-8-6-16(7-9-17)10(2)3/h10-11,19H,4-9H2,1-3H3,(H2,14,15). The second-order valence-corrected chi connectivity index (χ2v) is 5.32. The summed E-state index contributed by atoms with van der Waals surface area (Å²) in [6, 6.07) is 0.507. The molecule has 1 aliphatic rings. The fourth-order valence-corrected chi connectivity index (χ4v) is 2.44. The maximum Gasteiger partial charge on any atom is 0.233 e. The van der Waals surface area contributed by atoms with Crippen LogP contribution in [0.3, 0.4) is 0 Å². The van der Waals surface area contributed by atoms with Gasteiger partial charge in [-0.25, -0.2) is 0 Å². The molecule has 3 N–H and O–H groups in total. The van der Waals surface area contributed by atoms with Crippen molar-refractivity contribution in [1.29, 1.82) is 0 Å². The van der Waals surface area contributed by atoms with Gasteiger partial charge in [-0.3, -0.25) is 9.69 Å². The van der Waals surface area contributed by atoms with E-state index in [9.17, 15) is 4.79 Å². The summed E-state index contributed by atoms with van der Waals surface area (Å²) in [5.74, 6) is -0.473. The molecule has 0 radical (unpaired) electrons. The Balaban J connectivity index is 2.62. The average molecular weight is 270 g/mol. The summed E-state index contributed by atoms with van der Waals surface area (Å²) >= 11 is 0. The van der Waals surface area contributed by atoms with Crippen LogP contribution in [-0.4, -0.2) is 59.0 Å². The highest BCUT2D eigenvalue weighted by atomic mass is 16.4. The van der Waals surface area contributed by atoms with Gasteiger partial charge in [-0.2, -0.15) is 0 Å². The lowest BCUT2D eigenvalue weighted by molar-refractivity contribution is -0.135. The molecule has 0 aromatic heterocycles. The molecule has 1 heterocycles. The smallest absolute Gasteiger partial charge is 0.233 e. The van der Waals surface area contributed by atoms with Crippen LogP contribution < -0.4 is 5.73 Å². The van der Waals surface area contributed by atoms with E-state index >= 15 is 0 Å². The zero-order valence-electron chi connectivity index (χ0n) is 12.2. The summed E-state index contributed by atoms with van der Waals surface area (Å²) in [4.78, 5) is 16.6. The van der Waals surface area contributed by atoms with Crippen molar-refractivity contribution in [1.82, 2.24) is 9.80 Å². The van der Waals surface area contributed by atoms with Gasteiger partial charge in [0.2, 0.25) is 5.91 Å². The summed E-state index contributed by atoms with van der Waals surface area (Å²) in [5, 5.41) is 11.8. The molecule has 1 aliphatic heterocycles. The minimum Gasteiger partial charge on any atom is -0.409 e. The molecule has 110 valence electrons. The number of carbonyl (C=O) groups is 1. The summed E-state index contributed by atoms with van der Waals surface area (Å²) in [5.41, 5.74) is 5.63. The zero-order chi connectivity index (χ0) is 14.4. The number of hydrogen-bond donors (Lipinski definition) is 2. The highest BCUT2D eigenvalue weighted by molar-refractivity contribution is 6.02. The first-order valence-corrected chi connectivity index (χ1v) is 7.01. The van der Waals surface area contributed by atoms with Crippen molar-refractivity contribution in [2.45, 2.75) is 39.7 Å². The maximum atomic E-state index is 12.4. The fourth-order valence-electron chi connectivity index (χ4n) is 2.44. The SMILES string of the molecule is CCCC(C(=O)N1CCN(C(C)C)CC1)C(N)=NO. The molecule has 1 amide bonds. The predicted octanol–water partition coefficient (Wildman–Crippen LogP) is 0.702. The van der Waals surface area contributed by atoms with E-state index in [2.05, 4.69) is 23.9 Å². The summed E-state index contributed by atoms with van der Waals surface area (Å²) in [7, 11) is 0. The van der Waals surface area contributed by atoms with Gasteiger partial charge < -0.3 is 15.8 Å². The number of nitrogens with zero attached hydrogens (tertiary/aromatic N) is 3. The molecule has 0 aromatic carbocycles. The third-order valence-corrected chi connectivity index (χ3v) is 3.70. The van der Waals surface area contributed by atoms with E-state index in [1.54, 1.807) is 0 Å². The van der Waals surface area contributed by atoms with E-state index in [1.807, 2.05) is 11.8 Å². The largest absolute Gasteiger partial charge is 0.409 e. The van der Waals surface area contributed by atoms with E-state index in [4.69, 9.17) is 10.9 Å². The third-order valence-electron chi connectivity index (χ3n) is 3.70. The number of nitrogens with two attached hydrogens (primary N) is 1. The number of piperazine rings is 1. The fraction of sp³-hybridized carbons (Fsp3) is 0.846. The van der Waals surface area contributed by atoms with Crippen LogP contribution in [0.2, 0.25) is 0 Å². The van der Waals surface area contributed by atoms with Crippen molar-refractivity contribution in [3.8, 4) is 0 Å². The van der Waals surface area contributed by atoms with Gasteiger partial charge >= 0.3 is 0 Å². The van der Waals surface area contributed by atoms with Gasteiger partial charge in [0, 0.05) is 32.2 Å². The van der Waals surface area contributed by atoms with Crippen LogP contribution in [0.4, 0.5) is 0 Å². The van der Waals surface area contributed by atoms with Crippen LogP contribution in [0.1, 0.15) is 33.6 Å². The van der Waals surface area contributed by atoms with Crippen molar-refractivity contribution in [2.75, 3.05) is 26.2 Å². The van der Waals surface area contributed by atoms with Gasteiger partial charge in [0.15, 0.2) is 5.84 Å². The molecule has 1 unspecified atom stereocenters. The van der Waals surface area contributed by atoms with Crippen LogP contribution in [0.5, 0.6) is 0 Å². The van der Waals surface area contributed by atoms with Gasteiger partial charge in [-0.1, -0.05) is 18.5 Å². The number of amides is 1. The summed E-state index contributed by atoms with van der Waals surface area (Å²) < 4.78 is 0. The Morgan fingerprint density at radius 2 is 1.89 bits per heavy atom. The molecule has 0 saturated carbocycles. The number of oxime groups is 1. The van der Waals surface area contributed by atoms with E-state index in [1.165, 1.54) is 0 Å². The monoisotopic (exact) mass is 270 g/mol. The van der Waals surface area contributed by atoms with Gasteiger partial charge in [-0.15, -0.1) is 0 Å². The second-order valence-electron chi connectivity index (χ2n) is 5.32. The molecular formula is C13H26N4O2. The molecule has 1 fully saturated rings. The van der Waals surface area contributed by atoms with E-state index in [-0.39, 0.29) is 11.7 Å². The van der Waals surface area contributed by atoms with Gasteiger partial charge in [-0.05, 0) is 20.3 Å². The lowest BCUT2D eigenvalue weighted by Crippen LogP contribution is -2.53. The first-order chi connectivity index (χ1) is 9.01. The first kappa shape index (κ1) is 15.8. The maximum absolute atomic E-state index is 12.4. The Morgan fingerprint density at radius 1 is 1.32 bits per heavy atom. The first-order valence-electron chi connectivity index (χ1n) is 7.01. The summed E-state index contributed by atoms with van der Waals surface area (Å²) in [6.07, 6.45) is 1.46. The van der Waals surface area contributed by atoms with Crippen molar-refractivity contribution in [3.63, 3.8) is 0 Å². The lowest BCUT2D eigenvalue weighted by Gasteiger charge is -2.38. The molecule has 19 heavy (non-hydrogen) atoms. The zero-order valence-corrected chi connectivity index (χ0v) is 12.2. The van der Waals surface area contributed by atoms with Gasteiger partial charge in [0.1, 0.15) is 0 Å². The van der Waals surface area contributed by atoms with E-state index in [0.29, 0.717) is 12.5 Å². The molecule has 6 nitrogen and oxygen atoms in total. The quantitative estimate of drug-likeness (QED) is 0.333. The van der Waals surface area contributed by atoms with Crippen LogP contribution >= 0.6 is 0 Å². The molecule has 0 bridgehead atoms. The average Bonchev–Trinajstić information content (AvgIpc) is 2.43. The normalized spacial score (nSPS) is 19.8. The Hall–Kier alpha value is -1.30. The lowest BCUT2D eigenvalue weighted by atomic mass is 10.0. The Kier molecular flexibility index (Phi) is 6.08. The molecule has 0 aliphatic carbocycles. The minimum atomic E-state index is -0.486. The molecule has 0 spiro atoms. The molecule has 1 atom stereocenters. The number of rotatable bonds is 5. The molecule has 0 aromatic rings. The Bertz CT molecular complexity index is 323. The van der Waals surface area contributed by atoms with Crippen LogP contribution in [0, 0.1) is 5.92 Å². The van der Waals surface area contributed by atoms with Crippen molar-refractivity contribution < 1.29 is 10.0 Å². The van der Waals surface area contributed by atoms with Crippen LogP contribution in [0.25, 0.3) is 0 Å². The number of amidine groups is 1. The Labute approximate surface area is 115 Å². The minimum absolute atomic E-state index is 0.0134. The van der Waals surface area contributed by atoms with Gasteiger partial charge in [0.25, 0.3) is 0 Å². The second kappa shape index (κ2) is 7.33. The predicted molar refractivity (Wildman–Crippen MR) is 75.1 cm³/mol. The van der Waals surface area contributed by atoms with E-state index in [0.717, 1.165) is 32.6 Å². The molecular weight excluding hydrogens is 244 g/mol. The molecule has 6 heteroatoms. The van der Waals surface area contributed by atoms with Crippen molar-refractivity contribution >= 4 is 11.7 Å². The number of carbonyl (C=O) groups excluding carboxylic acids is 1. The Morgan fingerprint density at radius 3 is 2.32 bits per heavy atom. The molecule has 1 saturated heterocycles. The molecule has 1 rings (SSSR count). The highest BCUT2D eigenvalue weighted by Gasteiger charge is 2.30. The third kappa shape index (κ3) is 4.09.